The van der Waals surface area contributed by atoms with Crippen molar-refractivity contribution in [3.05, 3.63) is 70.5 Å². The van der Waals surface area contributed by atoms with E-state index < -0.39 is 0 Å². The van der Waals surface area contributed by atoms with E-state index in [0.29, 0.717) is 20.7 Å². The first-order valence-electron chi connectivity index (χ1n) is 6.16. The van der Waals surface area contributed by atoms with Crippen LogP contribution >= 0.6 is 22.9 Å². The maximum Gasteiger partial charge on any atom is 0.222 e. The van der Waals surface area contributed by atoms with Crippen molar-refractivity contribution < 1.29 is 4.79 Å². The van der Waals surface area contributed by atoms with Crippen molar-refractivity contribution in [3.63, 3.8) is 0 Å². The van der Waals surface area contributed by atoms with Crippen LogP contribution in [-0.2, 0) is 0 Å². The lowest BCUT2D eigenvalue weighted by Crippen LogP contribution is -2.00. The number of halogens is 1. The minimum Gasteiger partial charge on any atom is -0.332 e. The van der Waals surface area contributed by atoms with Gasteiger partial charge in [0, 0.05) is 16.9 Å². The van der Waals surface area contributed by atoms with E-state index in [1.165, 1.54) is 11.3 Å². The zero-order valence-electron chi connectivity index (χ0n) is 10.8. The van der Waals surface area contributed by atoms with Gasteiger partial charge < -0.3 is 5.32 Å². The van der Waals surface area contributed by atoms with E-state index >= 15 is 0 Å². The van der Waals surface area contributed by atoms with Crippen LogP contribution in [-0.4, -0.2) is 15.8 Å². The lowest BCUT2D eigenvalue weighted by Gasteiger charge is -2.01. The number of carbonyl (C=O) groups is 1. The Hall–Kier alpha value is -2.24. The highest BCUT2D eigenvalue weighted by atomic mass is 35.5. The number of benzene rings is 1. The van der Waals surface area contributed by atoms with Crippen molar-refractivity contribution in [2.75, 3.05) is 5.32 Å². The Morgan fingerprint density at radius 3 is 2.62 bits per heavy atom. The molecule has 2 aromatic heterocycles. The number of hydrogen-bond donors (Lipinski definition) is 1. The van der Waals surface area contributed by atoms with Gasteiger partial charge in [-0.25, -0.2) is 4.98 Å². The number of thiazole rings is 1. The molecule has 0 radical (unpaired) electrons. The molecule has 3 rings (SSSR count). The summed E-state index contributed by atoms with van der Waals surface area (Å²) in [7, 11) is 0. The molecule has 21 heavy (non-hydrogen) atoms. The smallest absolute Gasteiger partial charge is 0.222 e. The standard InChI is InChI=1S/C15H10ClN3OS/c16-10-4-6-11(7-5-10)19-15-18-9-13(21-15)14(20)12-3-1-2-8-17-12/h1-9H,(H,18,19). The quantitative estimate of drug-likeness (QED) is 0.734. The average Bonchev–Trinajstić information content (AvgIpc) is 2.98. The van der Waals surface area contributed by atoms with Crippen molar-refractivity contribution in [1.29, 1.82) is 0 Å². The van der Waals surface area contributed by atoms with E-state index in [9.17, 15) is 4.79 Å². The highest BCUT2D eigenvalue weighted by Gasteiger charge is 2.13. The molecule has 0 aliphatic rings. The van der Waals surface area contributed by atoms with E-state index in [-0.39, 0.29) is 5.78 Å². The number of hydrogen-bond acceptors (Lipinski definition) is 5. The van der Waals surface area contributed by atoms with Gasteiger partial charge in [-0.15, -0.1) is 0 Å². The van der Waals surface area contributed by atoms with Crippen LogP contribution in [0, 0.1) is 0 Å². The Labute approximate surface area is 130 Å². The monoisotopic (exact) mass is 315 g/mol. The van der Waals surface area contributed by atoms with E-state index in [0.717, 1.165) is 5.69 Å². The second-order valence-electron chi connectivity index (χ2n) is 4.21. The Morgan fingerprint density at radius 1 is 1.10 bits per heavy atom. The van der Waals surface area contributed by atoms with E-state index in [4.69, 9.17) is 11.6 Å². The maximum absolute atomic E-state index is 12.2. The second-order valence-corrected chi connectivity index (χ2v) is 5.67. The van der Waals surface area contributed by atoms with Gasteiger partial charge in [-0.2, -0.15) is 0 Å². The van der Waals surface area contributed by atoms with Crippen molar-refractivity contribution in [2.45, 2.75) is 0 Å². The first kappa shape index (κ1) is 13.7. The van der Waals surface area contributed by atoms with E-state index in [2.05, 4.69) is 15.3 Å². The third kappa shape index (κ3) is 3.26. The number of anilines is 2. The summed E-state index contributed by atoms with van der Waals surface area (Å²) in [5, 5.41) is 4.46. The molecule has 0 bridgehead atoms. The van der Waals surface area contributed by atoms with Crippen molar-refractivity contribution in [1.82, 2.24) is 9.97 Å². The zero-order valence-corrected chi connectivity index (χ0v) is 12.4. The van der Waals surface area contributed by atoms with Gasteiger partial charge in [0.15, 0.2) is 5.13 Å². The summed E-state index contributed by atoms with van der Waals surface area (Å²) in [6.45, 7) is 0. The third-order valence-corrected chi connectivity index (χ3v) is 3.89. The number of nitrogens with one attached hydrogen (secondary N) is 1. The molecular formula is C15H10ClN3OS. The van der Waals surface area contributed by atoms with Crippen LogP contribution in [0.5, 0.6) is 0 Å². The molecule has 0 amide bonds. The molecule has 6 heteroatoms. The molecule has 0 aliphatic heterocycles. The van der Waals surface area contributed by atoms with Crippen molar-refractivity contribution in [3.8, 4) is 0 Å². The van der Waals surface area contributed by atoms with Crippen LogP contribution in [0.1, 0.15) is 15.4 Å². The highest BCUT2D eigenvalue weighted by Crippen LogP contribution is 2.24. The summed E-state index contributed by atoms with van der Waals surface area (Å²) in [5.74, 6) is -0.128. The molecule has 3 aromatic rings. The minimum atomic E-state index is -0.128. The molecule has 104 valence electrons. The maximum atomic E-state index is 12.2. The first-order valence-corrected chi connectivity index (χ1v) is 7.36. The summed E-state index contributed by atoms with van der Waals surface area (Å²) in [6, 6.07) is 12.5. The summed E-state index contributed by atoms with van der Waals surface area (Å²) in [6.07, 6.45) is 3.15. The molecule has 0 saturated heterocycles. The van der Waals surface area contributed by atoms with Gasteiger partial charge in [0.2, 0.25) is 5.78 Å². The van der Waals surface area contributed by atoms with Crippen LogP contribution in [0.15, 0.2) is 54.9 Å². The molecular weight excluding hydrogens is 306 g/mol. The van der Waals surface area contributed by atoms with E-state index in [1.807, 2.05) is 12.1 Å². The number of aromatic nitrogens is 2. The molecule has 4 nitrogen and oxygen atoms in total. The number of ketones is 1. The zero-order chi connectivity index (χ0) is 14.7. The molecule has 0 saturated carbocycles. The number of rotatable bonds is 4. The minimum absolute atomic E-state index is 0.128. The summed E-state index contributed by atoms with van der Waals surface area (Å²) in [4.78, 5) is 21.0. The van der Waals surface area contributed by atoms with Crippen LogP contribution in [0.4, 0.5) is 10.8 Å². The number of pyridine rings is 1. The third-order valence-electron chi connectivity index (χ3n) is 2.72. The topological polar surface area (TPSA) is 54.9 Å². The fraction of sp³-hybridized carbons (Fsp3) is 0. The van der Waals surface area contributed by atoms with Crippen molar-refractivity contribution in [2.24, 2.45) is 0 Å². The summed E-state index contributed by atoms with van der Waals surface area (Å²) < 4.78 is 0. The normalized spacial score (nSPS) is 10.3. The SMILES string of the molecule is O=C(c1ccccn1)c1cnc(Nc2ccc(Cl)cc2)s1. The summed E-state index contributed by atoms with van der Waals surface area (Å²) in [5.41, 5.74) is 1.28. The fourth-order valence-corrected chi connectivity index (χ4v) is 2.63. The van der Waals surface area contributed by atoms with Crippen LogP contribution in [0.25, 0.3) is 0 Å². The van der Waals surface area contributed by atoms with Gasteiger partial charge in [-0.1, -0.05) is 29.0 Å². The lowest BCUT2D eigenvalue weighted by atomic mass is 10.2. The highest BCUT2D eigenvalue weighted by molar-refractivity contribution is 7.17. The Morgan fingerprint density at radius 2 is 1.90 bits per heavy atom. The number of carbonyl (C=O) groups excluding carboxylic acids is 1. The first-order chi connectivity index (χ1) is 10.2. The Balaban J connectivity index is 1.77. The van der Waals surface area contributed by atoms with E-state index in [1.54, 1.807) is 42.7 Å². The largest absolute Gasteiger partial charge is 0.332 e. The van der Waals surface area contributed by atoms with Gasteiger partial charge in [-0.05, 0) is 36.4 Å². The molecule has 0 atom stereocenters. The van der Waals surface area contributed by atoms with Crippen molar-refractivity contribution >= 4 is 39.5 Å². The molecule has 0 unspecified atom stereocenters. The molecule has 0 spiro atoms. The number of nitrogens with zero attached hydrogens (tertiary/aromatic N) is 2. The van der Waals surface area contributed by atoms with Crippen LogP contribution in [0.3, 0.4) is 0 Å². The second kappa shape index (κ2) is 6.03. The molecule has 2 heterocycles. The van der Waals surface area contributed by atoms with Gasteiger partial charge in [0.25, 0.3) is 0 Å². The van der Waals surface area contributed by atoms with Crippen LogP contribution < -0.4 is 5.32 Å². The Kier molecular flexibility index (Phi) is 3.94. The molecule has 1 aromatic carbocycles. The fourth-order valence-electron chi connectivity index (χ4n) is 1.72. The summed E-state index contributed by atoms with van der Waals surface area (Å²) >= 11 is 7.13. The molecule has 1 N–H and O–H groups in total. The predicted octanol–water partition coefficient (Wildman–Crippen LogP) is 4.17. The van der Waals surface area contributed by atoms with Gasteiger partial charge >= 0.3 is 0 Å². The molecule has 0 fully saturated rings. The van der Waals surface area contributed by atoms with Gasteiger partial charge in [-0.3, -0.25) is 9.78 Å². The lowest BCUT2D eigenvalue weighted by molar-refractivity contribution is 0.103. The Bertz CT molecular complexity index is 756. The van der Waals surface area contributed by atoms with Gasteiger partial charge in [0.1, 0.15) is 5.69 Å². The van der Waals surface area contributed by atoms with Gasteiger partial charge in [0.05, 0.1) is 11.1 Å². The predicted molar refractivity (Wildman–Crippen MR) is 84.5 cm³/mol. The average molecular weight is 316 g/mol. The molecule has 0 aliphatic carbocycles. The van der Waals surface area contributed by atoms with Crippen LogP contribution in [0.2, 0.25) is 5.02 Å².